The molecule has 1 aromatic heterocycles. The molecule has 1 aliphatic heterocycles. The third-order valence-electron chi connectivity index (χ3n) is 4.56. The number of hydrogen-bond acceptors (Lipinski definition) is 3. The average molecular weight is 382 g/mol. The van der Waals surface area contributed by atoms with E-state index in [9.17, 15) is 4.79 Å². The number of rotatable bonds is 6. The molecule has 0 N–H and O–H groups in total. The number of carbonyl (C=O) groups is 1. The van der Waals surface area contributed by atoms with Crippen LogP contribution >= 0.6 is 23.2 Å². The Bertz CT molecular complexity index is 779. The zero-order chi connectivity index (χ0) is 18.0. The average Bonchev–Trinajstić information content (AvgIpc) is 3.19. The number of aryl methyl sites for hydroxylation is 1. The van der Waals surface area contributed by atoms with E-state index < -0.39 is 0 Å². The smallest absolute Gasteiger partial charge is 0.202 e. The Kier molecular flexibility index (Phi) is 5.72. The normalized spacial score (nSPS) is 17.0. The minimum atomic E-state index is -0.0808. The summed E-state index contributed by atoms with van der Waals surface area (Å²) >= 11 is 12.1. The van der Waals surface area contributed by atoms with Crippen LogP contribution in [0.2, 0.25) is 10.0 Å². The third kappa shape index (κ3) is 4.02. The fraction of sp³-hybridized carbons (Fsp3) is 0.421. The van der Waals surface area contributed by atoms with Gasteiger partial charge in [-0.2, -0.15) is 0 Å². The lowest BCUT2D eigenvalue weighted by molar-refractivity contribution is 0.0914. The molecule has 4 nitrogen and oxygen atoms in total. The van der Waals surface area contributed by atoms with Gasteiger partial charge in [0.2, 0.25) is 5.78 Å². The molecule has 1 fully saturated rings. The summed E-state index contributed by atoms with van der Waals surface area (Å²) in [6.45, 7) is 5.50. The maximum absolute atomic E-state index is 12.6. The number of ether oxygens (including phenoxy) is 2. The molecule has 2 aromatic rings. The highest BCUT2D eigenvalue weighted by molar-refractivity contribution is 6.42. The zero-order valence-electron chi connectivity index (χ0n) is 14.4. The Hall–Kier alpha value is -1.49. The molecule has 0 radical (unpaired) electrons. The standard InChI is InChI=1S/C19H21Cl2NO3/c1-12-9-15(13(2)22(12)10-14-5-4-8-24-14)17(23)11-25-18-7-3-6-16(20)19(18)21/h3,6-7,9,14H,4-5,8,10-11H2,1-2H3/t14-/m1/s1. The van der Waals surface area contributed by atoms with Gasteiger partial charge in [-0.05, 0) is 44.9 Å². The van der Waals surface area contributed by atoms with Gasteiger partial charge in [-0.25, -0.2) is 0 Å². The molecular formula is C19H21Cl2NO3. The Morgan fingerprint density at radius 3 is 2.88 bits per heavy atom. The van der Waals surface area contributed by atoms with Crippen molar-refractivity contribution in [2.24, 2.45) is 0 Å². The molecule has 0 unspecified atom stereocenters. The van der Waals surface area contributed by atoms with E-state index in [-0.39, 0.29) is 18.5 Å². The second-order valence-electron chi connectivity index (χ2n) is 6.29. The fourth-order valence-corrected chi connectivity index (χ4v) is 3.52. The first-order valence-corrected chi connectivity index (χ1v) is 9.11. The van der Waals surface area contributed by atoms with E-state index in [1.54, 1.807) is 18.2 Å². The topological polar surface area (TPSA) is 40.5 Å². The minimum Gasteiger partial charge on any atom is -0.484 e. The molecule has 25 heavy (non-hydrogen) atoms. The van der Waals surface area contributed by atoms with E-state index in [4.69, 9.17) is 32.7 Å². The molecule has 1 aromatic carbocycles. The van der Waals surface area contributed by atoms with Crippen molar-refractivity contribution in [1.82, 2.24) is 4.57 Å². The highest BCUT2D eigenvalue weighted by Crippen LogP contribution is 2.31. The maximum Gasteiger partial charge on any atom is 0.202 e. The predicted molar refractivity (Wildman–Crippen MR) is 99.2 cm³/mol. The lowest BCUT2D eigenvalue weighted by Crippen LogP contribution is -2.18. The molecule has 1 aliphatic rings. The van der Waals surface area contributed by atoms with Gasteiger partial charge < -0.3 is 14.0 Å². The van der Waals surface area contributed by atoms with Crippen LogP contribution in [0, 0.1) is 13.8 Å². The van der Waals surface area contributed by atoms with E-state index in [2.05, 4.69) is 4.57 Å². The summed E-state index contributed by atoms with van der Waals surface area (Å²) in [6.07, 6.45) is 2.40. The fourth-order valence-electron chi connectivity index (χ4n) is 3.17. The van der Waals surface area contributed by atoms with Crippen LogP contribution in [0.5, 0.6) is 5.75 Å². The predicted octanol–water partition coefficient (Wildman–Crippen LogP) is 4.85. The summed E-state index contributed by atoms with van der Waals surface area (Å²) in [7, 11) is 0. The quantitative estimate of drug-likeness (QED) is 0.671. The number of ketones is 1. The number of halogens is 2. The van der Waals surface area contributed by atoms with Crippen molar-refractivity contribution in [2.45, 2.75) is 39.3 Å². The van der Waals surface area contributed by atoms with E-state index in [0.29, 0.717) is 21.4 Å². The lowest BCUT2D eigenvalue weighted by Gasteiger charge is -2.15. The third-order valence-corrected chi connectivity index (χ3v) is 5.36. The molecule has 0 amide bonds. The van der Waals surface area contributed by atoms with Gasteiger partial charge in [-0.3, -0.25) is 4.79 Å². The van der Waals surface area contributed by atoms with Crippen LogP contribution in [-0.4, -0.2) is 29.7 Å². The number of hydrogen-bond donors (Lipinski definition) is 0. The number of benzene rings is 1. The van der Waals surface area contributed by atoms with Crippen molar-refractivity contribution in [3.8, 4) is 5.75 Å². The molecule has 2 heterocycles. The van der Waals surface area contributed by atoms with Crippen molar-refractivity contribution >= 4 is 29.0 Å². The molecule has 1 atom stereocenters. The van der Waals surface area contributed by atoms with Crippen molar-refractivity contribution < 1.29 is 14.3 Å². The number of nitrogens with zero attached hydrogens (tertiary/aromatic N) is 1. The Labute approximate surface area is 157 Å². The van der Waals surface area contributed by atoms with Crippen molar-refractivity contribution in [2.75, 3.05) is 13.2 Å². The van der Waals surface area contributed by atoms with Crippen molar-refractivity contribution in [3.05, 3.63) is 51.3 Å². The van der Waals surface area contributed by atoms with Gasteiger partial charge in [0.25, 0.3) is 0 Å². The van der Waals surface area contributed by atoms with Gasteiger partial charge in [-0.15, -0.1) is 0 Å². The van der Waals surface area contributed by atoms with Crippen molar-refractivity contribution in [3.63, 3.8) is 0 Å². The molecule has 0 spiro atoms. The Balaban J connectivity index is 1.70. The van der Waals surface area contributed by atoms with Crippen LogP contribution in [-0.2, 0) is 11.3 Å². The molecule has 134 valence electrons. The van der Waals surface area contributed by atoms with Gasteiger partial charge in [0.15, 0.2) is 6.61 Å². The second kappa shape index (κ2) is 7.81. The number of aromatic nitrogens is 1. The SMILES string of the molecule is Cc1cc(C(=O)COc2cccc(Cl)c2Cl)c(C)n1C[C@H]1CCCO1. The first-order valence-electron chi connectivity index (χ1n) is 8.35. The first kappa shape index (κ1) is 18.3. The number of Topliss-reactive ketones (excluding diaryl/α,β-unsaturated/α-hetero) is 1. The van der Waals surface area contributed by atoms with Gasteiger partial charge >= 0.3 is 0 Å². The minimum absolute atomic E-state index is 0.0791. The molecular weight excluding hydrogens is 361 g/mol. The van der Waals surface area contributed by atoms with Crippen LogP contribution in [0.1, 0.15) is 34.6 Å². The molecule has 3 rings (SSSR count). The summed E-state index contributed by atoms with van der Waals surface area (Å²) in [4.78, 5) is 12.6. The molecule has 0 saturated carbocycles. The molecule has 0 aliphatic carbocycles. The van der Waals surface area contributed by atoms with Crippen LogP contribution < -0.4 is 4.74 Å². The zero-order valence-corrected chi connectivity index (χ0v) is 15.9. The van der Waals surface area contributed by atoms with Crippen LogP contribution in [0.3, 0.4) is 0 Å². The van der Waals surface area contributed by atoms with Crippen LogP contribution in [0.15, 0.2) is 24.3 Å². The summed E-state index contributed by atoms with van der Waals surface area (Å²) in [6, 6.07) is 7.02. The van der Waals surface area contributed by atoms with Gasteiger partial charge in [0.05, 0.1) is 11.1 Å². The van der Waals surface area contributed by atoms with Gasteiger partial charge in [0, 0.05) is 30.1 Å². The van der Waals surface area contributed by atoms with Gasteiger partial charge in [-0.1, -0.05) is 29.3 Å². The van der Waals surface area contributed by atoms with Gasteiger partial charge in [0.1, 0.15) is 10.8 Å². The highest BCUT2D eigenvalue weighted by atomic mass is 35.5. The molecule has 0 bridgehead atoms. The van der Waals surface area contributed by atoms with E-state index in [0.717, 1.165) is 37.4 Å². The largest absolute Gasteiger partial charge is 0.484 e. The van der Waals surface area contributed by atoms with Crippen LogP contribution in [0.4, 0.5) is 0 Å². The molecule has 1 saturated heterocycles. The number of carbonyl (C=O) groups excluding carboxylic acids is 1. The van der Waals surface area contributed by atoms with E-state index in [1.165, 1.54) is 0 Å². The Morgan fingerprint density at radius 1 is 1.36 bits per heavy atom. The summed E-state index contributed by atoms with van der Waals surface area (Å²) in [5.74, 6) is 0.332. The lowest BCUT2D eigenvalue weighted by atomic mass is 10.1. The summed E-state index contributed by atoms with van der Waals surface area (Å²) < 4.78 is 13.4. The monoisotopic (exact) mass is 381 g/mol. The molecule has 6 heteroatoms. The highest BCUT2D eigenvalue weighted by Gasteiger charge is 2.21. The van der Waals surface area contributed by atoms with Crippen LogP contribution in [0.25, 0.3) is 0 Å². The van der Waals surface area contributed by atoms with E-state index in [1.807, 2.05) is 19.9 Å². The summed E-state index contributed by atoms with van der Waals surface area (Å²) in [5, 5.41) is 0.724. The summed E-state index contributed by atoms with van der Waals surface area (Å²) in [5.41, 5.74) is 2.67. The first-order chi connectivity index (χ1) is 12.0. The van der Waals surface area contributed by atoms with Crippen molar-refractivity contribution in [1.29, 1.82) is 0 Å². The maximum atomic E-state index is 12.6. The Morgan fingerprint density at radius 2 is 2.16 bits per heavy atom. The van der Waals surface area contributed by atoms with E-state index >= 15 is 0 Å². The second-order valence-corrected chi connectivity index (χ2v) is 7.08.